The maximum Gasteiger partial charge on any atom is 0.200 e. The predicted molar refractivity (Wildman–Crippen MR) is 123 cm³/mol. The molecule has 1 heterocycles. The zero-order valence-electron chi connectivity index (χ0n) is 17.3. The molecule has 0 aliphatic carbocycles. The number of hydrogen-bond acceptors (Lipinski definition) is 3. The Morgan fingerprint density at radius 1 is 0.929 bits per heavy atom. The molecule has 0 saturated heterocycles. The van der Waals surface area contributed by atoms with Gasteiger partial charge in [0.05, 0.1) is 6.54 Å². The largest absolute Gasteiger partial charge is 0.370 e. The highest BCUT2D eigenvalue weighted by Crippen LogP contribution is 2.13. The van der Waals surface area contributed by atoms with Crippen LogP contribution in [0.5, 0.6) is 0 Å². The molecule has 1 aliphatic rings. The Kier molecular flexibility index (Phi) is 13.2. The smallest absolute Gasteiger partial charge is 0.200 e. The molecule has 1 aliphatic heterocycles. The van der Waals surface area contributed by atoms with Crippen LogP contribution in [0.4, 0.5) is 0 Å². The van der Waals surface area contributed by atoms with Gasteiger partial charge in [0, 0.05) is 0 Å². The first kappa shape index (κ1) is 24.3. The highest BCUT2D eigenvalue weighted by Gasteiger charge is 2.16. The molecule has 0 amide bonds. The number of benzene rings is 1. The van der Waals surface area contributed by atoms with E-state index in [1.807, 2.05) is 18.2 Å². The lowest BCUT2D eigenvalue weighted by atomic mass is 10.1. The van der Waals surface area contributed by atoms with Crippen LogP contribution in [0.25, 0.3) is 0 Å². The molecule has 0 fully saturated rings. The van der Waals surface area contributed by atoms with Gasteiger partial charge in [0.25, 0.3) is 0 Å². The molecule has 0 saturated carbocycles. The Hall–Kier alpha value is -1.75. The van der Waals surface area contributed by atoms with Gasteiger partial charge in [-0.2, -0.15) is 0 Å². The van der Waals surface area contributed by atoms with Crippen LogP contribution in [0.3, 0.4) is 0 Å². The summed E-state index contributed by atoms with van der Waals surface area (Å²) in [5, 5.41) is 6.38. The monoisotopic (exact) mass is 407 g/mol. The van der Waals surface area contributed by atoms with Gasteiger partial charge < -0.3 is 11.1 Å². The van der Waals surface area contributed by atoms with Crippen molar-refractivity contribution in [1.29, 1.82) is 0 Å². The summed E-state index contributed by atoms with van der Waals surface area (Å²) in [4.78, 5) is 9.04. The van der Waals surface area contributed by atoms with Crippen molar-refractivity contribution in [2.75, 3.05) is 0 Å². The number of nitrogens with zero attached hydrogens (tertiary/aromatic N) is 2. The third kappa shape index (κ3) is 10.5. The first-order valence-corrected chi connectivity index (χ1v) is 10.7. The van der Waals surface area contributed by atoms with Gasteiger partial charge >= 0.3 is 0 Å². The lowest BCUT2D eigenvalue weighted by molar-refractivity contribution is 0.501. The minimum Gasteiger partial charge on any atom is -0.370 e. The molecule has 0 bridgehead atoms. The molecule has 0 radical (unpaired) electrons. The number of hydrogen-bond donors (Lipinski definition) is 3. The van der Waals surface area contributed by atoms with Crippen LogP contribution in [0.15, 0.2) is 40.3 Å². The summed E-state index contributed by atoms with van der Waals surface area (Å²) in [5.41, 5.74) is 7.10. The van der Waals surface area contributed by atoms with E-state index in [9.17, 15) is 0 Å². The molecule has 1 unspecified atom stereocenters. The van der Waals surface area contributed by atoms with Crippen molar-refractivity contribution in [2.24, 2.45) is 15.7 Å². The average molecular weight is 408 g/mol. The summed E-state index contributed by atoms with van der Waals surface area (Å²) in [6, 6.07) is 10.2. The standard InChI is InChI=1S/C22H37N5.ClH/c1-2-3-4-5-6-7-8-9-10-14-17-20-25-21(23)27-22(26-20)24-18-19-15-12-11-13-16-19;/h11-13,15-16,20H,2-10,14,17-18H2,1H3,(H4,23,24,25,26,27);1H. The van der Waals surface area contributed by atoms with Gasteiger partial charge in [-0.1, -0.05) is 95.0 Å². The van der Waals surface area contributed by atoms with Crippen LogP contribution in [-0.4, -0.2) is 18.1 Å². The molecule has 28 heavy (non-hydrogen) atoms. The second-order valence-electron chi connectivity index (χ2n) is 7.42. The fourth-order valence-electron chi connectivity index (χ4n) is 3.35. The van der Waals surface area contributed by atoms with Crippen LogP contribution in [0, 0.1) is 0 Å². The molecule has 1 atom stereocenters. The summed E-state index contributed by atoms with van der Waals surface area (Å²) in [7, 11) is 0. The lowest BCUT2D eigenvalue weighted by Gasteiger charge is -2.24. The van der Waals surface area contributed by atoms with E-state index in [-0.39, 0.29) is 18.6 Å². The Labute approximate surface area is 177 Å². The SMILES string of the molecule is CCCCCCCCCCCCC1N=C(N)NC(=NCc2ccccc2)N1.Cl. The zero-order chi connectivity index (χ0) is 19.2. The maximum atomic E-state index is 5.92. The van der Waals surface area contributed by atoms with Crippen molar-refractivity contribution < 1.29 is 0 Å². The third-order valence-electron chi connectivity index (χ3n) is 4.94. The fraction of sp³-hybridized carbons (Fsp3) is 0.636. The van der Waals surface area contributed by atoms with Gasteiger partial charge in [0.15, 0.2) is 11.9 Å². The molecule has 0 aromatic heterocycles. The molecule has 5 nitrogen and oxygen atoms in total. The van der Waals surface area contributed by atoms with Crippen molar-refractivity contribution in [1.82, 2.24) is 10.6 Å². The number of halogens is 1. The fourth-order valence-corrected chi connectivity index (χ4v) is 3.35. The van der Waals surface area contributed by atoms with Gasteiger partial charge in [-0.3, -0.25) is 5.32 Å². The Morgan fingerprint density at radius 3 is 2.18 bits per heavy atom. The number of unbranched alkanes of at least 4 members (excludes halogenated alkanes) is 9. The molecule has 158 valence electrons. The molecule has 1 aromatic carbocycles. The summed E-state index contributed by atoms with van der Waals surface area (Å²) < 4.78 is 0. The first-order chi connectivity index (χ1) is 13.3. The van der Waals surface area contributed by atoms with Crippen LogP contribution in [-0.2, 0) is 6.54 Å². The second-order valence-corrected chi connectivity index (χ2v) is 7.42. The molecular formula is C22H38ClN5. The van der Waals surface area contributed by atoms with Crippen LogP contribution in [0.1, 0.15) is 83.1 Å². The van der Waals surface area contributed by atoms with Crippen molar-refractivity contribution >= 4 is 24.3 Å². The van der Waals surface area contributed by atoms with E-state index in [1.54, 1.807) is 0 Å². The van der Waals surface area contributed by atoms with E-state index < -0.39 is 0 Å². The minimum absolute atomic E-state index is 0. The van der Waals surface area contributed by atoms with Gasteiger partial charge in [-0.05, 0) is 18.4 Å². The molecule has 6 heteroatoms. The van der Waals surface area contributed by atoms with Crippen LogP contribution in [0.2, 0.25) is 0 Å². The normalized spacial score (nSPS) is 17.4. The van der Waals surface area contributed by atoms with Crippen LogP contribution < -0.4 is 16.4 Å². The number of rotatable bonds is 13. The van der Waals surface area contributed by atoms with Gasteiger partial charge in [0.1, 0.15) is 6.17 Å². The quantitative estimate of drug-likeness (QED) is 0.398. The maximum absolute atomic E-state index is 5.92. The Morgan fingerprint density at radius 2 is 1.54 bits per heavy atom. The lowest BCUT2D eigenvalue weighted by Crippen LogP contribution is -2.53. The van der Waals surface area contributed by atoms with Crippen molar-refractivity contribution in [2.45, 2.75) is 90.3 Å². The Bertz CT molecular complexity index is 574. The number of guanidine groups is 2. The average Bonchev–Trinajstić information content (AvgIpc) is 2.68. The zero-order valence-corrected chi connectivity index (χ0v) is 18.1. The second kappa shape index (κ2) is 15.2. The molecule has 4 N–H and O–H groups in total. The number of nitrogens with two attached hydrogens (primary N) is 1. The summed E-state index contributed by atoms with van der Waals surface area (Å²) in [6.45, 7) is 2.90. The summed E-state index contributed by atoms with van der Waals surface area (Å²) in [5.74, 6) is 1.18. The van der Waals surface area contributed by atoms with Crippen molar-refractivity contribution in [3.05, 3.63) is 35.9 Å². The molecule has 1 aromatic rings. The highest BCUT2D eigenvalue weighted by molar-refractivity contribution is 5.99. The van der Waals surface area contributed by atoms with E-state index >= 15 is 0 Å². The number of aliphatic imine (C=N–C) groups is 2. The molecular weight excluding hydrogens is 370 g/mol. The topological polar surface area (TPSA) is 74.8 Å². The van der Waals surface area contributed by atoms with E-state index in [2.05, 4.69) is 39.7 Å². The van der Waals surface area contributed by atoms with Crippen molar-refractivity contribution in [3.63, 3.8) is 0 Å². The van der Waals surface area contributed by atoms with Crippen LogP contribution >= 0.6 is 12.4 Å². The predicted octanol–water partition coefficient (Wildman–Crippen LogP) is 5.11. The van der Waals surface area contributed by atoms with E-state index in [0.717, 1.165) is 12.4 Å². The molecule has 2 rings (SSSR count). The van der Waals surface area contributed by atoms with E-state index in [0.29, 0.717) is 12.5 Å². The summed E-state index contributed by atoms with van der Waals surface area (Å²) in [6.07, 6.45) is 14.5. The summed E-state index contributed by atoms with van der Waals surface area (Å²) >= 11 is 0. The highest BCUT2D eigenvalue weighted by atomic mass is 35.5. The van der Waals surface area contributed by atoms with E-state index in [4.69, 9.17) is 5.73 Å². The van der Waals surface area contributed by atoms with Gasteiger partial charge in [-0.15, -0.1) is 12.4 Å². The Balaban J connectivity index is 0.00000392. The number of nitrogens with one attached hydrogen (secondary N) is 2. The van der Waals surface area contributed by atoms with Gasteiger partial charge in [0.2, 0.25) is 0 Å². The first-order valence-electron chi connectivity index (χ1n) is 10.7. The van der Waals surface area contributed by atoms with Gasteiger partial charge in [-0.25, -0.2) is 9.98 Å². The van der Waals surface area contributed by atoms with Crippen molar-refractivity contribution in [3.8, 4) is 0 Å². The molecule has 0 spiro atoms. The minimum atomic E-state index is 0. The third-order valence-corrected chi connectivity index (χ3v) is 4.94. The van der Waals surface area contributed by atoms with E-state index in [1.165, 1.54) is 69.8 Å².